The average Bonchev–Trinajstić information content (AvgIpc) is 3.00. The molecule has 2 amide bonds. The Morgan fingerprint density at radius 1 is 1.25 bits per heavy atom. The van der Waals surface area contributed by atoms with Crippen molar-refractivity contribution in [2.75, 3.05) is 11.9 Å². The molecular weight excluding hydrogens is 254 g/mol. The number of carbonyl (C=O) groups excluding carboxylic acids is 2. The van der Waals surface area contributed by atoms with Crippen molar-refractivity contribution in [2.45, 2.75) is 32.7 Å². The summed E-state index contributed by atoms with van der Waals surface area (Å²) in [6.45, 7) is 3.09. The summed E-state index contributed by atoms with van der Waals surface area (Å²) in [6, 6.07) is 5.64. The number of rotatable bonds is 4. The lowest BCUT2D eigenvalue weighted by Crippen LogP contribution is -2.31. The van der Waals surface area contributed by atoms with Crippen LogP contribution in [0.2, 0.25) is 0 Å². The number of amides is 2. The maximum atomic E-state index is 12.3. The fourth-order valence-corrected chi connectivity index (χ4v) is 3.23. The van der Waals surface area contributed by atoms with Crippen LogP contribution in [0, 0.1) is 11.8 Å². The van der Waals surface area contributed by atoms with Crippen LogP contribution in [-0.2, 0) is 16.1 Å². The molecule has 0 spiro atoms. The minimum absolute atomic E-state index is 0.00634. The number of anilines is 1. The Morgan fingerprint density at radius 3 is 2.60 bits per heavy atom. The summed E-state index contributed by atoms with van der Waals surface area (Å²) in [7, 11) is 0. The number of hydrogen-bond donors (Lipinski definition) is 1. The highest BCUT2D eigenvalue weighted by atomic mass is 16.2. The molecule has 3 rings (SSSR count). The summed E-state index contributed by atoms with van der Waals surface area (Å²) < 4.78 is 0. The fourth-order valence-electron chi connectivity index (χ4n) is 3.23. The molecule has 106 valence electrons. The van der Waals surface area contributed by atoms with Crippen molar-refractivity contribution in [1.82, 2.24) is 9.88 Å². The smallest absolute Gasteiger partial charge is 0.233 e. The van der Waals surface area contributed by atoms with Crippen molar-refractivity contribution < 1.29 is 9.59 Å². The van der Waals surface area contributed by atoms with Crippen LogP contribution < -0.4 is 5.32 Å². The summed E-state index contributed by atoms with van der Waals surface area (Å²) >= 11 is 0. The van der Waals surface area contributed by atoms with E-state index in [1.54, 1.807) is 0 Å². The summed E-state index contributed by atoms with van der Waals surface area (Å²) in [6.07, 6.45) is 2.71. The molecule has 1 N–H and O–H groups in total. The third kappa shape index (κ3) is 2.17. The van der Waals surface area contributed by atoms with Gasteiger partial charge in [0.2, 0.25) is 11.8 Å². The maximum Gasteiger partial charge on any atom is 0.233 e. The van der Waals surface area contributed by atoms with Gasteiger partial charge in [0.15, 0.2) is 0 Å². The molecule has 1 aliphatic heterocycles. The molecule has 1 aliphatic carbocycles. The highest BCUT2D eigenvalue weighted by molar-refractivity contribution is 6.05. The van der Waals surface area contributed by atoms with Gasteiger partial charge in [0.05, 0.1) is 24.1 Å². The first kappa shape index (κ1) is 13.1. The molecule has 2 heterocycles. The largest absolute Gasteiger partial charge is 0.370 e. The average molecular weight is 273 g/mol. The Morgan fingerprint density at radius 2 is 1.95 bits per heavy atom. The molecule has 0 radical (unpaired) electrons. The van der Waals surface area contributed by atoms with E-state index in [0.29, 0.717) is 6.54 Å². The number of carbonyl (C=O) groups is 2. The van der Waals surface area contributed by atoms with Gasteiger partial charge in [-0.25, -0.2) is 4.98 Å². The van der Waals surface area contributed by atoms with Crippen LogP contribution >= 0.6 is 0 Å². The van der Waals surface area contributed by atoms with Gasteiger partial charge in [0.1, 0.15) is 5.82 Å². The van der Waals surface area contributed by atoms with Crippen LogP contribution in [-0.4, -0.2) is 28.2 Å². The van der Waals surface area contributed by atoms with E-state index in [2.05, 4.69) is 10.3 Å². The lowest BCUT2D eigenvalue weighted by molar-refractivity contribution is -0.141. The van der Waals surface area contributed by atoms with Gasteiger partial charge >= 0.3 is 0 Å². The number of nitrogens with zero attached hydrogens (tertiary/aromatic N) is 2. The monoisotopic (exact) mass is 273 g/mol. The first-order valence-electron chi connectivity index (χ1n) is 7.25. The van der Waals surface area contributed by atoms with Crippen LogP contribution in [0.15, 0.2) is 18.2 Å². The number of nitrogens with one attached hydrogen (secondary N) is 1. The van der Waals surface area contributed by atoms with Crippen LogP contribution in [0.4, 0.5) is 5.82 Å². The molecule has 1 saturated heterocycles. The van der Waals surface area contributed by atoms with Gasteiger partial charge in [-0.3, -0.25) is 14.5 Å². The SMILES string of the molecule is CCNc1cccc(CN2C(=O)C3CCCC3C2=O)n1. The fraction of sp³-hybridized carbons (Fsp3) is 0.533. The zero-order valence-electron chi connectivity index (χ0n) is 11.6. The minimum atomic E-state index is -0.0700. The zero-order chi connectivity index (χ0) is 14.1. The van der Waals surface area contributed by atoms with Gasteiger partial charge < -0.3 is 5.32 Å². The van der Waals surface area contributed by atoms with Gasteiger partial charge in [0, 0.05) is 6.54 Å². The molecule has 5 nitrogen and oxygen atoms in total. The molecule has 5 heteroatoms. The highest BCUT2D eigenvalue weighted by Crippen LogP contribution is 2.40. The second-order valence-electron chi connectivity index (χ2n) is 5.45. The summed E-state index contributed by atoms with van der Waals surface area (Å²) in [5, 5.41) is 3.14. The molecule has 2 unspecified atom stereocenters. The quantitative estimate of drug-likeness (QED) is 0.850. The van der Waals surface area contributed by atoms with Gasteiger partial charge in [-0.1, -0.05) is 12.5 Å². The normalized spacial score (nSPS) is 25.1. The molecule has 1 aromatic rings. The summed E-state index contributed by atoms with van der Waals surface area (Å²) in [4.78, 5) is 30.4. The van der Waals surface area contributed by atoms with E-state index in [-0.39, 0.29) is 23.7 Å². The third-order valence-electron chi connectivity index (χ3n) is 4.17. The molecule has 1 saturated carbocycles. The van der Waals surface area contributed by atoms with Gasteiger partial charge in [-0.2, -0.15) is 0 Å². The van der Waals surface area contributed by atoms with Crippen LogP contribution in [0.25, 0.3) is 0 Å². The molecule has 2 fully saturated rings. The second kappa shape index (κ2) is 5.23. The number of likely N-dealkylation sites (tertiary alicyclic amines) is 1. The second-order valence-corrected chi connectivity index (χ2v) is 5.45. The zero-order valence-corrected chi connectivity index (χ0v) is 11.6. The van der Waals surface area contributed by atoms with E-state index in [1.165, 1.54) is 4.90 Å². The maximum absolute atomic E-state index is 12.3. The molecule has 2 atom stereocenters. The van der Waals surface area contributed by atoms with Crippen molar-refractivity contribution in [3.05, 3.63) is 23.9 Å². The van der Waals surface area contributed by atoms with Gasteiger partial charge in [-0.05, 0) is 31.9 Å². The standard InChI is InChI=1S/C15H19N3O2/c1-2-16-13-8-3-5-10(17-13)9-18-14(19)11-6-4-7-12(11)15(18)20/h3,5,8,11-12H,2,4,6-7,9H2,1H3,(H,16,17). The van der Waals surface area contributed by atoms with E-state index >= 15 is 0 Å². The Bertz CT molecular complexity index is 522. The topological polar surface area (TPSA) is 62.3 Å². The van der Waals surface area contributed by atoms with Crippen molar-refractivity contribution in [2.24, 2.45) is 11.8 Å². The Kier molecular flexibility index (Phi) is 3.42. The van der Waals surface area contributed by atoms with Crippen molar-refractivity contribution >= 4 is 17.6 Å². The molecular formula is C15H19N3O2. The lowest BCUT2D eigenvalue weighted by Gasteiger charge is -2.15. The van der Waals surface area contributed by atoms with Crippen LogP contribution in [0.1, 0.15) is 31.9 Å². The van der Waals surface area contributed by atoms with Gasteiger partial charge in [0.25, 0.3) is 0 Å². The number of pyridine rings is 1. The molecule has 20 heavy (non-hydrogen) atoms. The Labute approximate surface area is 118 Å². The lowest BCUT2D eigenvalue weighted by atomic mass is 10.00. The number of aromatic nitrogens is 1. The van der Waals surface area contributed by atoms with Crippen LogP contribution in [0.5, 0.6) is 0 Å². The van der Waals surface area contributed by atoms with Crippen LogP contribution in [0.3, 0.4) is 0 Å². The van der Waals surface area contributed by atoms with E-state index in [4.69, 9.17) is 0 Å². The Balaban J connectivity index is 1.76. The summed E-state index contributed by atoms with van der Waals surface area (Å²) in [5.74, 6) is 0.629. The number of hydrogen-bond acceptors (Lipinski definition) is 4. The highest BCUT2D eigenvalue weighted by Gasteiger charge is 2.49. The Hall–Kier alpha value is -1.91. The predicted molar refractivity (Wildman–Crippen MR) is 74.8 cm³/mol. The summed E-state index contributed by atoms with van der Waals surface area (Å²) in [5.41, 5.74) is 0.755. The van der Waals surface area contributed by atoms with E-state index < -0.39 is 0 Å². The van der Waals surface area contributed by atoms with Crippen molar-refractivity contribution in [3.63, 3.8) is 0 Å². The molecule has 2 aliphatic rings. The van der Waals surface area contributed by atoms with Crippen molar-refractivity contribution in [1.29, 1.82) is 0 Å². The first-order chi connectivity index (χ1) is 9.70. The number of imide groups is 1. The molecule has 0 aromatic carbocycles. The predicted octanol–water partition coefficient (Wildman–Crippen LogP) is 1.80. The minimum Gasteiger partial charge on any atom is -0.370 e. The first-order valence-corrected chi connectivity index (χ1v) is 7.25. The number of fused-ring (bicyclic) bond motifs is 1. The van der Waals surface area contributed by atoms with Crippen molar-refractivity contribution in [3.8, 4) is 0 Å². The third-order valence-corrected chi connectivity index (χ3v) is 4.17. The molecule has 0 bridgehead atoms. The van der Waals surface area contributed by atoms with E-state index in [9.17, 15) is 9.59 Å². The molecule has 1 aromatic heterocycles. The van der Waals surface area contributed by atoms with E-state index in [0.717, 1.165) is 37.3 Å². The van der Waals surface area contributed by atoms with Gasteiger partial charge in [-0.15, -0.1) is 0 Å². The van der Waals surface area contributed by atoms with E-state index in [1.807, 2.05) is 25.1 Å².